The molecule has 1 rings (SSSR count). The van der Waals surface area contributed by atoms with Gasteiger partial charge in [0.05, 0.1) is 13.2 Å². The lowest BCUT2D eigenvalue weighted by molar-refractivity contribution is 0.342. The first-order valence-corrected chi connectivity index (χ1v) is 4.57. The van der Waals surface area contributed by atoms with Gasteiger partial charge in [0.15, 0.2) is 4.60 Å². The molecule has 0 saturated carbocycles. The van der Waals surface area contributed by atoms with Gasteiger partial charge in [-0.1, -0.05) is 12.2 Å². The normalized spacial score (nSPS) is 11.0. The van der Waals surface area contributed by atoms with Crippen molar-refractivity contribution in [3.8, 4) is 0 Å². The molecule has 0 spiro atoms. The molecule has 0 aliphatic carbocycles. The van der Waals surface area contributed by atoms with Crippen LogP contribution in [0.5, 0.6) is 0 Å². The molecule has 2 N–H and O–H groups in total. The summed E-state index contributed by atoms with van der Waals surface area (Å²) in [5.74, 6) is 0. The van der Waals surface area contributed by atoms with Crippen LogP contribution in [0.1, 0.15) is 0 Å². The monoisotopic (exact) mass is 261 g/mol. The summed E-state index contributed by atoms with van der Waals surface area (Å²) in [4.78, 5) is 24.1. The number of aliphatic hydroxyl groups is 1. The summed E-state index contributed by atoms with van der Waals surface area (Å²) in [6.07, 6.45) is 3.05. The van der Waals surface area contributed by atoms with Crippen molar-refractivity contribution in [2.45, 2.75) is 6.54 Å². The van der Waals surface area contributed by atoms with Crippen LogP contribution in [-0.4, -0.2) is 26.5 Å². The first-order valence-electron chi connectivity index (χ1n) is 3.78. The molecule has 1 heterocycles. The Bertz CT molecular complexity index is 448. The lowest BCUT2D eigenvalue weighted by atomic mass is 10.5. The van der Waals surface area contributed by atoms with Crippen molar-refractivity contribution in [2.24, 2.45) is 0 Å². The Balaban J connectivity index is 2.99. The number of halogens is 1. The van der Waals surface area contributed by atoms with Gasteiger partial charge in [0, 0.05) is 0 Å². The maximum Gasteiger partial charge on any atom is 0.345 e. The molecule has 0 aliphatic heterocycles. The molecular weight excluding hydrogens is 254 g/mol. The van der Waals surface area contributed by atoms with E-state index in [1.54, 1.807) is 6.08 Å². The zero-order valence-corrected chi connectivity index (χ0v) is 8.69. The zero-order chi connectivity index (χ0) is 10.6. The van der Waals surface area contributed by atoms with E-state index in [9.17, 15) is 9.59 Å². The van der Waals surface area contributed by atoms with Gasteiger partial charge in [0.1, 0.15) is 0 Å². The van der Waals surface area contributed by atoms with Gasteiger partial charge >= 0.3 is 5.69 Å². The Kier molecular flexibility index (Phi) is 3.78. The maximum absolute atomic E-state index is 11.1. The number of hydrogen-bond acceptors (Lipinski definition) is 4. The second-order valence-electron chi connectivity index (χ2n) is 2.39. The number of nitrogens with zero attached hydrogens (tertiary/aromatic N) is 2. The third kappa shape index (κ3) is 2.64. The molecule has 0 radical (unpaired) electrons. The molecule has 0 aliphatic rings. The Morgan fingerprint density at radius 3 is 2.86 bits per heavy atom. The third-order valence-corrected chi connectivity index (χ3v) is 1.92. The van der Waals surface area contributed by atoms with Crippen LogP contribution in [0.25, 0.3) is 0 Å². The van der Waals surface area contributed by atoms with Crippen LogP contribution in [0.15, 0.2) is 26.3 Å². The molecule has 0 fully saturated rings. The van der Waals surface area contributed by atoms with Crippen molar-refractivity contribution >= 4 is 15.9 Å². The Labute approximate surface area is 87.0 Å². The summed E-state index contributed by atoms with van der Waals surface area (Å²) in [5.41, 5.74) is -1.14. The van der Waals surface area contributed by atoms with Gasteiger partial charge in [0.25, 0.3) is 5.56 Å². The number of aliphatic hydroxyl groups excluding tert-OH is 1. The summed E-state index contributed by atoms with van der Waals surface area (Å²) < 4.78 is 1.12. The Morgan fingerprint density at radius 1 is 1.50 bits per heavy atom. The van der Waals surface area contributed by atoms with E-state index in [2.05, 4.69) is 26.0 Å². The molecule has 0 bridgehead atoms. The molecule has 7 heteroatoms. The largest absolute Gasteiger partial charge is 0.392 e. The highest BCUT2D eigenvalue weighted by Gasteiger charge is 2.01. The topological polar surface area (TPSA) is 88.0 Å². The maximum atomic E-state index is 11.1. The number of hydrogen-bond donors (Lipinski definition) is 2. The average molecular weight is 262 g/mol. The van der Waals surface area contributed by atoms with Gasteiger partial charge < -0.3 is 5.11 Å². The zero-order valence-electron chi connectivity index (χ0n) is 7.11. The Morgan fingerprint density at radius 2 is 2.21 bits per heavy atom. The second-order valence-corrected chi connectivity index (χ2v) is 3.14. The minimum Gasteiger partial charge on any atom is -0.392 e. The molecule has 14 heavy (non-hydrogen) atoms. The number of rotatable bonds is 3. The quantitative estimate of drug-likeness (QED) is 0.701. The van der Waals surface area contributed by atoms with E-state index < -0.39 is 11.2 Å². The molecule has 1 aromatic heterocycles. The molecule has 0 saturated heterocycles. The van der Waals surface area contributed by atoms with Gasteiger partial charge in [-0.2, -0.15) is 5.10 Å². The van der Waals surface area contributed by atoms with E-state index in [4.69, 9.17) is 5.11 Å². The van der Waals surface area contributed by atoms with Crippen LogP contribution in [-0.2, 0) is 6.54 Å². The second kappa shape index (κ2) is 4.87. The summed E-state index contributed by atoms with van der Waals surface area (Å²) in [7, 11) is 0. The van der Waals surface area contributed by atoms with Crippen LogP contribution >= 0.6 is 15.9 Å². The van der Waals surface area contributed by atoms with E-state index in [0.717, 1.165) is 4.68 Å². The van der Waals surface area contributed by atoms with Crippen molar-refractivity contribution < 1.29 is 5.11 Å². The first kappa shape index (κ1) is 10.9. The molecule has 0 unspecified atom stereocenters. The minimum atomic E-state index is -0.583. The first-order chi connectivity index (χ1) is 6.65. The van der Waals surface area contributed by atoms with Gasteiger partial charge in [-0.05, 0) is 15.9 Å². The van der Waals surface area contributed by atoms with Gasteiger partial charge in [-0.3, -0.25) is 9.78 Å². The smallest absolute Gasteiger partial charge is 0.345 e. The van der Waals surface area contributed by atoms with E-state index in [1.165, 1.54) is 6.08 Å². The fourth-order valence-electron chi connectivity index (χ4n) is 0.783. The van der Waals surface area contributed by atoms with Crippen LogP contribution in [0.4, 0.5) is 0 Å². The van der Waals surface area contributed by atoms with E-state index >= 15 is 0 Å². The molecular formula is C7H8BrN3O3. The highest BCUT2D eigenvalue weighted by atomic mass is 79.9. The van der Waals surface area contributed by atoms with E-state index in [1.807, 2.05) is 0 Å². The molecule has 6 nitrogen and oxygen atoms in total. The Hall–Kier alpha value is -1.21. The number of aromatic nitrogens is 3. The summed E-state index contributed by atoms with van der Waals surface area (Å²) in [6.45, 7) is 0.105. The van der Waals surface area contributed by atoms with Crippen LogP contribution in [0.2, 0.25) is 0 Å². The highest BCUT2D eigenvalue weighted by Crippen LogP contribution is 1.91. The molecule has 0 atom stereocenters. The molecule has 0 aromatic carbocycles. The number of H-pyrrole nitrogens is 1. The van der Waals surface area contributed by atoms with Crippen molar-refractivity contribution in [3.63, 3.8) is 0 Å². The van der Waals surface area contributed by atoms with E-state index in [0.29, 0.717) is 0 Å². The highest BCUT2D eigenvalue weighted by molar-refractivity contribution is 9.10. The molecule has 1 aromatic rings. The number of aromatic amines is 1. The van der Waals surface area contributed by atoms with Crippen molar-refractivity contribution in [3.05, 3.63) is 37.6 Å². The van der Waals surface area contributed by atoms with Gasteiger partial charge in [-0.15, -0.1) is 0 Å². The lowest BCUT2D eigenvalue weighted by Gasteiger charge is -1.98. The third-order valence-electron chi connectivity index (χ3n) is 1.40. The predicted molar refractivity (Wildman–Crippen MR) is 53.0 cm³/mol. The van der Waals surface area contributed by atoms with Crippen molar-refractivity contribution in [2.75, 3.05) is 6.61 Å². The van der Waals surface area contributed by atoms with Crippen LogP contribution in [0, 0.1) is 0 Å². The molecule has 76 valence electrons. The average Bonchev–Trinajstić information content (AvgIpc) is 2.14. The summed E-state index contributed by atoms with van der Waals surface area (Å²) in [6, 6.07) is 0. The van der Waals surface area contributed by atoms with Crippen LogP contribution in [0.3, 0.4) is 0 Å². The number of allylic oxidation sites excluding steroid dienone is 1. The fraction of sp³-hybridized carbons (Fsp3) is 0.286. The van der Waals surface area contributed by atoms with E-state index in [-0.39, 0.29) is 17.8 Å². The summed E-state index contributed by atoms with van der Waals surface area (Å²) >= 11 is 2.90. The lowest BCUT2D eigenvalue weighted by Crippen LogP contribution is -2.32. The fourth-order valence-corrected chi connectivity index (χ4v) is 1.07. The van der Waals surface area contributed by atoms with Gasteiger partial charge in [0.2, 0.25) is 0 Å². The standard InChI is InChI=1S/C7H8BrN3O3/c8-5-6(13)9-7(14)11(10-5)3-1-2-4-12/h1-2,12H,3-4H2,(H,9,13,14)/b2-1-. The van der Waals surface area contributed by atoms with Gasteiger partial charge in [-0.25, -0.2) is 9.48 Å². The summed E-state index contributed by atoms with van der Waals surface area (Å²) in [5, 5.41) is 12.1. The number of nitrogens with one attached hydrogen (secondary N) is 1. The minimum absolute atomic E-state index is 0.0505. The van der Waals surface area contributed by atoms with Crippen LogP contribution < -0.4 is 11.2 Å². The van der Waals surface area contributed by atoms with Crippen molar-refractivity contribution in [1.29, 1.82) is 0 Å². The SMILES string of the molecule is O=c1[nH]c(=O)n(C/C=C\CO)nc1Br. The molecule has 0 amide bonds. The van der Waals surface area contributed by atoms with Crippen molar-refractivity contribution in [1.82, 2.24) is 14.8 Å². The predicted octanol–water partition coefficient (Wildman–Crippen LogP) is -0.757.